The number of fused-ring (bicyclic) bond motifs is 1. The van der Waals surface area contributed by atoms with Gasteiger partial charge in [0.25, 0.3) is 10.0 Å². The molecule has 1 heterocycles. The Morgan fingerprint density at radius 1 is 1.17 bits per heavy atom. The van der Waals surface area contributed by atoms with Crippen LogP contribution in [0.15, 0.2) is 39.6 Å². The summed E-state index contributed by atoms with van der Waals surface area (Å²) in [6, 6.07) is 8.56. The number of carbonyl (C=O) groups excluding carboxylic acids is 1. The van der Waals surface area contributed by atoms with Gasteiger partial charge in [-0.2, -0.15) is 8.42 Å². The summed E-state index contributed by atoms with van der Waals surface area (Å²) in [5.74, 6) is 0.630. The minimum absolute atomic E-state index is 0. The molecule has 0 saturated heterocycles. The number of thiazole rings is 1. The Morgan fingerprint density at radius 3 is 2.50 bits per heavy atom. The molecule has 198 valence electrons. The number of methoxy groups -OCH3 is 1. The van der Waals surface area contributed by atoms with E-state index in [1.165, 1.54) is 11.3 Å². The van der Waals surface area contributed by atoms with Crippen molar-refractivity contribution in [3.8, 4) is 5.75 Å². The molecule has 0 saturated carbocycles. The molecule has 3 rings (SSSR count). The van der Waals surface area contributed by atoms with Crippen LogP contribution in [0.4, 0.5) is 0 Å². The lowest BCUT2D eigenvalue weighted by molar-refractivity contribution is -0.109. The molecule has 0 aliphatic carbocycles. The first-order valence-corrected chi connectivity index (χ1v) is 12.9. The summed E-state index contributed by atoms with van der Waals surface area (Å²) in [7, 11) is -2.40. The van der Waals surface area contributed by atoms with Crippen molar-refractivity contribution < 1.29 is 17.9 Å². The number of nitrogens with one attached hydrogen (secondary N) is 2. The third kappa shape index (κ3) is 7.37. The number of benzene rings is 2. The van der Waals surface area contributed by atoms with Gasteiger partial charge in [-0.25, -0.2) is 10.4 Å². The molecule has 9 nitrogen and oxygen atoms in total. The molecule has 3 aromatic rings. The van der Waals surface area contributed by atoms with E-state index in [-0.39, 0.29) is 35.8 Å². The molecule has 13 heteroatoms. The zero-order valence-corrected chi connectivity index (χ0v) is 23.6. The second-order valence-corrected chi connectivity index (χ2v) is 10.6. The van der Waals surface area contributed by atoms with E-state index in [0.29, 0.717) is 36.0 Å². The fourth-order valence-electron chi connectivity index (χ4n) is 3.64. The topological polar surface area (TPSA) is 136 Å². The van der Waals surface area contributed by atoms with E-state index in [4.69, 9.17) is 10.5 Å². The van der Waals surface area contributed by atoms with Gasteiger partial charge < -0.3 is 20.7 Å². The highest BCUT2D eigenvalue weighted by Crippen LogP contribution is 2.31. The zero-order chi connectivity index (χ0) is 24.9. The number of aryl methyl sites for hydroxylation is 1. The Balaban J connectivity index is 0.00000324. The second kappa shape index (κ2) is 13.9. The number of aldehydes is 1. The van der Waals surface area contributed by atoms with Gasteiger partial charge in [-0.1, -0.05) is 12.1 Å². The summed E-state index contributed by atoms with van der Waals surface area (Å²) in [4.78, 5) is 15.8. The van der Waals surface area contributed by atoms with Gasteiger partial charge in [-0.05, 0) is 68.5 Å². The molecule has 0 bridgehead atoms. The first kappa shape index (κ1) is 31.7. The first-order valence-electron chi connectivity index (χ1n) is 10.7. The number of halogens is 2. The molecule has 4 N–H and O–H groups in total. The Labute approximate surface area is 227 Å². The van der Waals surface area contributed by atoms with Gasteiger partial charge in [0.05, 0.1) is 34.3 Å². The molecule has 0 aliphatic heterocycles. The number of sulfonamides is 1. The monoisotopic (exact) mass is 575 g/mol. The summed E-state index contributed by atoms with van der Waals surface area (Å²) >= 11 is 1.52. The van der Waals surface area contributed by atoms with Gasteiger partial charge in [0.15, 0.2) is 0 Å². The van der Waals surface area contributed by atoms with Gasteiger partial charge in [0, 0.05) is 0 Å². The number of hydrogen-bond acceptors (Lipinski definition) is 8. The molecule has 0 amide bonds. The largest absolute Gasteiger partial charge is 0.496 e. The van der Waals surface area contributed by atoms with E-state index >= 15 is 0 Å². The van der Waals surface area contributed by atoms with E-state index in [2.05, 4.69) is 20.2 Å². The van der Waals surface area contributed by atoms with E-state index in [1.807, 2.05) is 31.2 Å². The molecule has 1 aromatic heterocycles. The predicted molar refractivity (Wildman–Crippen MR) is 149 cm³/mol. The molecule has 0 radical (unpaired) electrons. The van der Waals surface area contributed by atoms with Crippen molar-refractivity contribution in [3.05, 3.63) is 52.0 Å². The lowest BCUT2D eigenvalue weighted by atomic mass is 10.1. The quantitative estimate of drug-likeness (QED) is 0.135. The van der Waals surface area contributed by atoms with Gasteiger partial charge >= 0.3 is 0 Å². The Morgan fingerprint density at radius 2 is 1.86 bits per heavy atom. The fourth-order valence-corrected chi connectivity index (χ4v) is 6.00. The number of carbonyl (C=O) groups is 1. The first-order chi connectivity index (χ1) is 16.2. The van der Waals surface area contributed by atoms with Crippen molar-refractivity contribution in [2.45, 2.75) is 50.6 Å². The minimum Gasteiger partial charge on any atom is -0.496 e. The van der Waals surface area contributed by atoms with Gasteiger partial charge in [0.1, 0.15) is 23.4 Å². The van der Waals surface area contributed by atoms with E-state index in [1.54, 1.807) is 27.0 Å². The normalized spacial score (nSPS) is 13.0. The maximum Gasteiger partial charge on any atom is 0.284 e. The summed E-state index contributed by atoms with van der Waals surface area (Å²) in [5, 5.41) is 0.792. The van der Waals surface area contributed by atoms with Crippen LogP contribution in [0.5, 0.6) is 5.75 Å². The molecule has 36 heavy (non-hydrogen) atoms. The number of rotatable bonds is 11. The summed E-state index contributed by atoms with van der Waals surface area (Å²) < 4.78 is 36.0. The smallest absolute Gasteiger partial charge is 0.284 e. The van der Waals surface area contributed by atoms with Crippen LogP contribution in [-0.4, -0.2) is 39.2 Å². The van der Waals surface area contributed by atoms with Crippen LogP contribution in [0, 0.1) is 20.8 Å². The number of nitrogens with two attached hydrogens (primary N) is 1. The average Bonchev–Trinajstić information content (AvgIpc) is 3.24. The van der Waals surface area contributed by atoms with Crippen LogP contribution in [0.2, 0.25) is 0 Å². The van der Waals surface area contributed by atoms with Crippen molar-refractivity contribution in [2.24, 2.45) is 10.1 Å². The summed E-state index contributed by atoms with van der Waals surface area (Å²) in [5.41, 5.74) is 14.3. The highest BCUT2D eigenvalue weighted by molar-refractivity contribution is 7.90. The van der Waals surface area contributed by atoms with Crippen molar-refractivity contribution in [2.75, 3.05) is 7.11 Å². The third-order valence-electron chi connectivity index (χ3n) is 5.54. The number of hydrogen-bond donors (Lipinski definition) is 3. The van der Waals surface area contributed by atoms with E-state index in [0.717, 1.165) is 27.1 Å². The lowest BCUT2D eigenvalue weighted by Crippen LogP contribution is -2.35. The highest BCUT2D eigenvalue weighted by atomic mass is 35.5. The van der Waals surface area contributed by atoms with E-state index < -0.39 is 16.1 Å². The maximum atomic E-state index is 12.9. The van der Waals surface area contributed by atoms with Crippen LogP contribution in [0.25, 0.3) is 10.2 Å². The van der Waals surface area contributed by atoms with Crippen LogP contribution in [-0.2, 0) is 14.8 Å². The fraction of sp³-hybridized carbons (Fsp3) is 0.348. The molecular formula is C23H31Cl2N5O4S2. The predicted octanol–water partition coefficient (Wildman–Crippen LogP) is 3.93. The third-order valence-corrected chi connectivity index (χ3v) is 8.22. The van der Waals surface area contributed by atoms with Crippen molar-refractivity contribution in [1.29, 1.82) is 0 Å². The number of hydrazine groups is 1. The maximum absolute atomic E-state index is 12.9. The number of nitrogens with zero attached hydrogens (tertiary/aromatic N) is 2. The van der Waals surface area contributed by atoms with Crippen LogP contribution >= 0.6 is 36.2 Å². The average molecular weight is 577 g/mol. The van der Waals surface area contributed by atoms with Crippen LogP contribution in [0.3, 0.4) is 0 Å². The summed E-state index contributed by atoms with van der Waals surface area (Å²) in [6.07, 6.45) is 2.77. The van der Waals surface area contributed by atoms with E-state index in [9.17, 15) is 13.2 Å². The minimum atomic E-state index is -3.95. The van der Waals surface area contributed by atoms with Crippen molar-refractivity contribution >= 4 is 69.0 Å². The number of ether oxygens (including phenoxy) is 1. The van der Waals surface area contributed by atoms with Crippen molar-refractivity contribution in [3.63, 3.8) is 0 Å². The molecule has 0 fully saturated rings. The molecular weight excluding hydrogens is 545 g/mol. The number of para-hydroxylation sites is 1. The van der Waals surface area contributed by atoms with Gasteiger partial charge in [-0.15, -0.1) is 40.5 Å². The lowest BCUT2D eigenvalue weighted by Gasteiger charge is -2.17. The molecule has 2 aromatic carbocycles. The Bertz CT molecular complexity index is 1280. The second-order valence-electron chi connectivity index (χ2n) is 7.92. The molecule has 2 unspecified atom stereocenters. The molecule has 2 atom stereocenters. The van der Waals surface area contributed by atoms with Crippen LogP contribution in [0.1, 0.15) is 40.6 Å². The highest BCUT2D eigenvalue weighted by Gasteiger charge is 2.22. The van der Waals surface area contributed by atoms with Gasteiger partial charge in [-0.3, -0.25) is 0 Å². The zero-order valence-electron chi connectivity index (χ0n) is 20.3. The van der Waals surface area contributed by atoms with Crippen LogP contribution < -0.4 is 21.3 Å². The Hall–Kier alpha value is -2.28. The SMILES string of the molecule is COc1cc(C)c(S(=O)(=O)/N=C/NNC(CCC(N)C=O)c2nc3ccccc3s2)c(C)c1C.Cl.Cl. The summed E-state index contributed by atoms with van der Waals surface area (Å²) in [6.45, 7) is 5.25. The van der Waals surface area contributed by atoms with Gasteiger partial charge in [0.2, 0.25) is 0 Å². The molecule has 0 spiro atoms. The standard InChI is InChI=1S/C23H29N5O4S2.2ClH/c1-14-11-20(32-4)15(2)16(3)22(14)34(30,31)26-13-25-28-19(10-9-17(24)12-29)23-27-18-7-5-6-8-21(18)33-23;;/h5-8,11-13,17,19,28H,9-10,24H2,1-4H3,(H,25,26);2*1H. The molecule has 0 aliphatic rings. The van der Waals surface area contributed by atoms with Crippen molar-refractivity contribution in [1.82, 2.24) is 15.8 Å². The Kier molecular flexibility index (Phi) is 12.2. The number of aromatic nitrogens is 1.